The zero-order valence-electron chi connectivity index (χ0n) is 14.8. The van der Waals surface area contributed by atoms with E-state index in [0.29, 0.717) is 25.1 Å². The molecular weight excluding hydrogens is 334 g/mol. The van der Waals surface area contributed by atoms with Crippen molar-refractivity contribution in [2.24, 2.45) is 0 Å². The van der Waals surface area contributed by atoms with Crippen molar-refractivity contribution in [3.05, 3.63) is 48.3 Å². The number of likely N-dealkylation sites (tertiary alicyclic amines) is 1. The van der Waals surface area contributed by atoms with Gasteiger partial charge < -0.3 is 19.5 Å². The fourth-order valence-corrected chi connectivity index (χ4v) is 2.94. The van der Waals surface area contributed by atoms with Gasteiger partial charge in [-0.25, -0.2) is 9.97 Å². The van der Waals surface area contributed by atoms with Crippen LogP contribution in [0, 0.1) is 6.92 Å². The summed E-state index contributed by atoms with van der Waals surface area (Å²) in [6.07, 6.45) is 4.40. The number of carbonyl (C=O) groups excluding carboxylic acids is 1. The van der Waals surface area contributed by atoms with Crippen molar-refractivity contribution in [2.75, 3.05) is 26.3 Å². The Balaban J connectivity index is 1.53. The lowest BCUT2D eigenvalue weighted by Gasteiger charge is -2.38. The maximum absolute atomic E-state index is 12.4. The highest BCUT2D eigenvalue weighted by Crippen LogP contribution is 2.23. The van der Waals surface area contributed by atoms with Gasteiger partial charge in [-0.15, -0.1) is 0 Å². The summed E-state index contributed by atoms with van der Waals surface area (Å²) in [5, 5.41) is 10.8. The topological polar surface area (TPSA) is 84.8 Å². The summed E-state index contributed by atoms with van der Waals surface area (Å²) >= 11 is 0. The van der Waals surface area contributed by atoms with Crippen molar-refractivity contribution in [2.45, 2.75) is 25.4 Å². The number of aromatic nitrogens is 2. The molecule has 3 rings (SSSR count). The highest BCUT2D eigenvalue weighted by molar-refractivity contribution is 5.77. The van der Waals surface area contributed by atoms with Crippen molar-refractivity contribution < 1.29 is 19.4 Å². The molecule has 0 saturated carbocycles. The Morgan fingerprint density at radius 2 is 2.08 bits per heavy atom. The van der Waals surface area contributed by atoms with Crippen LogP contribution in [0.2, 0.25) is 0 Å². The summed E-state index contributed by atoms with van der Waals surface area (Å²) < 4.78 is 11.1. The standard InChI is InChI=1S/C19H23N3O4/c1-15-5-2-6-16(11-15)26-14-19(24)7-3-10-22(13-19)17(23)12-25-18-20-8-4-9-21-18/h2,4-6,8-9,11,24H,3,7,10,12-14H2,1H3/t19-/m1/s1. The van der Waals surface area contributed by atoms with E-state index < -0.39 is 5.60 Å². The largest absolute Gasteiger partial charge is 0.491 e. The smallest absolute Gasteiger partial charge is 0.316 e. The highest BCUT2D eigenvalue weighted by atomic mass is 16.5. The molecule has 0 radical (unpaired) electrons. The van der Waals surface area contributed by atoms with E-state index in [2.05, 4.69) is 9.97 Å². The molecule has 0 bridgehead atoms. The van der Waals surface area contributed by atoms with Gasteiger partial charge >= 0.3 is 6.01 Å². The number of benzene rings is 1. The predicted octanol–water partition coefficient (Wildman–Crippen LogP) is 1.60. The number of rotatable bonds is 6. The van der Waals surface area contributed by atoms with Gasteiger partial charge in [0.25, 0.3) is 5.91 Å². The fraction of sp³-hybridized carbons (Fsp3) is 0.421. The zero-order valence-corrected chi connectivity index (χ0v) is 14.8. The minimum absolute atomic E-state index is 0.142. The summed E-state index contributed by atoms with van der Waals surface area (Å²) in [6.45, 7) is 2.78. The first-order valence-corrected chi connectivity index (χ1v) is 8.64. The molecule has 1 aromatic heterocycles. The van der Waals surface area contributed by atoms with E-state index >= 15 is 0 Å². The molecule has 1 atom stereocenters. The average molecular weight is 357 g/mol. The van der Waals surface area contributed by atoms with Crippen LogP contribution in [0.25, 0.3) is 0 Å². The normalized spacial score (nSPS) is 19.8. The Kier molecular flexibility index (Phi) is 5.68. The monoisotopic (exact) mass is 357 g/mol. The van der Waals surface area contributed by atoms with Crippen molar-refractivity contribution in [1.82, 2.24) is 14.9 Å². The Labute approximate surface area is 152 Å². The number of aliphatic hydroxyl groups is 1. The Hall–Kier alpha value is -2.67. The Bertz CT molecular complexity index is 741. The number of ether oxygens (including phenoxy) is 2. The molecule has 26 heavy (non-hydrogen) atoms. The second kappa shape index (κ2) is 8.14. The van der Waals surface area contributed by atoms with Crippen LogP contribution in [0.4, 0.5) is 0 Å². The number of piperidine rings is 1. The first-order chi connectivity index (χ1) is 12.5. The lowest BCUT2D eigenvalue weighted by Crippen LogP contribution is -2.54. The SMILES string of the molecule is Cc1cccc(OC[C@@]2(O)CCCN(C(=O)COc3ncccn3)C2)c1. The van der Waals surface area contributed by atoms with Crippen molar-refractivity contribution in [3.63, 3.8) is 0 Å². The highest BCUT2D eigenvalue weighted by Gasteiger charge is 2.36. The van der Waals surface area contributed by atoms with Crippen LogP contribution in [0.1, 0.15) is 18.4 Å². The second-order valence-electron chi connectivity index (χ2n) is 6.57. The molecule has 1 N–H and O–H groups in total. The second-order valence-corrected chi connectivity index (χ2v) is 6.57. The van der Waals surface area contributed by atoms with Gasteiger partial charge in [0.15, 0.2) is 6.61 Å². The molecule has 2 aromatic rings. The minimum Gasteiger partial charge on any atom is -0.491 e. The van der Waals surface area contributed by atoms with E-state index in [1.807, 2.05) is 31.2 Å². The average Bonchev–Trinajstić information content (AvgIpc) is 2.65. The molecular formula is C19H23N3O4. The lowest BCUT2D eigenvalue weighted by molar-refractivity contribution is -0.142. The summed E-state index contributed by atoms with van der Waals surface area (Å²) in [6, 6.07) is 9.51. The number of aryl methyl sites for hydroxylation is 1. The van der Waals surface area contributed by atoms with Gasteiger partial charge in [-0.2, -0.15) is 0 Å². The molecule has 7 nitrogen and oxygen atoms in total. The van der Waals surface area contributed by atoms with Crippen LogP contribution in [-0.4, -0.2) is 57.8 Å². The molecule has 1 amide bonds. The maximum atomic E-state index is 12.4. The van der Waals surface area contributed by atoms with Crippen LogP contribution in [0.3, 0.4) is 0 Å². The molecule has 1 saturated heterocycles. The number of carbonyl (C=O) groups is 1. The Morgan fingerprint density at radius 1 is 1.27 bits per heavy atom. The van der Waals surface area contributed by atoms with E-state index in [9.17, 15) is 9.90 Å². The molecule has 0 spiro atoms. The Morgan fingerprint density at radius 3 is 2.85 bits per heavy atom. The van der Waals surface area contributed by atoms with E-state index in [1.54, 1.807) is 23.4 Å². The van der Waals surface area contributed by atoms with Crippen molar-refractivity contribution in [3.8, 4) is 11.8 Å². The molecule has 1 fully saturated rings. The third kappa shape index (κ3) is 4.92. The summed E-state index contributed by atoms with van der Waals surface area (Å²) in [4.78, 5) is 21.8. The molecule has 1 aromatic carbocycles. The van der Waals surface area contributed by atoms with Gasteiger partial charge in [0.05, 0.1) is 6.54 Å². The van der Waals surface area contributed by atoms with Crippen LogP contribution in [0.5, 0.6) is 11.8 Å². The quantitative estimate of drug-likeness (QED) is 0.845. The third-order valence-electron chi connectivity index (χ3n) is 4.27. The summed E-state index contributed by atoms with van der Waals surface area (Å²) in [5.74, 6) is 0.512. The van der Waals surface area contributed by atoms with Gasteiger partial charge in [0.2, 0.25) is 0 Å². The minimum atomic E-state index is -1.07. The molecule has 138 valence electrons. The lowest BCUT2D eigenvalue weighted by atomic mass is 9.93. The maximum Gasteiger partial charge on any atom is 0.316 e. The zero-order chi connectivity index (χ0) is 18.4. The van der Waals surface area contributed by atoms with E-state index in [-0.39, 0.29) is 31.7 Å². The third-order valence-corrected chi connectivity index (χ3v) is 4.27. The number of hydrogen-bond acceptors (Lipinski definition) is 6. The van der Waals surface area contributed by atoms with Gasteiger partial charge in [-0.3, -0.25) is 4.79 Å². The van der Waals surface area contributed by atoms with E-state index in [4.69, 9.17) is 9.47 Å². The van der Waals surface area contributed by atoms with Crippen LogP contribution < -0.4 is 9.47 Å². The fourth-order valence-electron chi connectivity index (χ4n) is 2.94. The van der Waals surface area contributed by atoms with Gasteiger partial charge in [-0.1, -0.05) is 12.1 Å². The molecule has 0 unspecified atom stereocenters. The summed E-state index contributed by atoms with van der Waals surface area (Å²) in [5.41, 5.74) is 0.0242. The summed E-state index contributed by atoms with van der Waals surface area (Å²) in [7, 11) is 0. The van der Waals surface area contributed by atoms with Gasteiger partial charge in [0.1, 0.15) is 18.0 Å². The number of β-amino-alcohol motifs (C(OH)–C–C–N with tert-alkyl or cyclic N) is 1. The molecule has 0 aliphatic carbocycles. The van der Waals surface area contributed by atoms with E-state index in [0.717, 1.165) is 5.56 Å². The van der Waals surface area contributed by atoms with Crippen LogP contribution >= 0.6 is 0 Å². The van der Waals surface area contributed by atoms with E-state index in [1.165, 1.54) is 0 Å². The molecule has 1 aliphatic rings. The predicted molar refractivity (Wildman–Crippen MR) is 95.0 cm³/mol. The molecule has 2 heterocycles. The molecule has 1 aliphatic heterocycles. The van der Waals surface area contributed by atoms with Crippen molar-refractivity contribution in [1.29, 1.82) is 0 Å². The van der Waals surface area contributed by atoms with Crippen molar-refractivity contribution >= 4 is 5.91 Å². The first kappa shape index (κ1) is 18.1. The number of hydrogen-bond donors (Lipinski definition) is 1. The van der Waals surface area contributed by atoms with Crippen LogP contribution in [0.15, 0.2) is 42.7 Å². The number of nitrogens with zero attached hydrogens (tertiary/aromatic N) is 3. The van der Waals surface area contributed by atoms with Crippen LogP contribution in [-0.2, 0) is 4.79 Å². The number of amides is 1. The van der Waals surface area contributed by atoms with Gasteiger partial charge in [0, 0.05) is 18.9 Å². The first-order valence-electron chi connectivity index (χ1n) is 8.64. The molecule has 7 heteroatoms. The van der Waals surface area contributed by atoms with Gasteiger partial charge in [-0.05, 0) is 43.5 Å².